The van der Waals surface area contributed by atoms with E-state index in [4.69, 9.17) is 9.15 Å². The van der Waals surface area contributed by atoms with Crippen LogP contribution in [0.4, 0.5) is 0 Å². The van der Waals surface area contributed by atoms with Crippen molar-refractivity contribution in [3.63, 3.8) is 0 Å². The van der Waals surface area contributed by atoms with E-state index in [1.807, 2.05) is 12.1 Å². The smallest absolute Gasteiger partial charge is 0.146 e. The van der Waals surface area contributed by atoms with Crippen LogP contribution in [0.3, 0.4) is 0 Å². The summed E-state index contributed by atoms with van der Waals surface area (Å²) >= 11 is 0. The highest BCUT2D eigenvalue weighted by Crippen LogP contribution is 2.19. The van der Waals surface area contributed by atoms with E-state index in [0.717, 1.165) is 43.2 Å². The zero-order valence-electron chi connectivity index (χ0n) is 13.2. The van der Waals surface area contributed by atoms with E-state index < -0.39 is 0 Å². The fourth-order valence-electron chi connectivity index (χ4n) is 2.23. The highest BCUT2D eigenvalue weighted by molar-refractivity contribution is 5.28. The minimum atomic E-state index is 0.474. The van der Waals surface area contributed by atoms with Crippen molar-refractivity contribution in [2.24, 2.45) is 0 Å². The average Bonchev–Trinajstić information content (AvgIpc) is 2.86. The van der Waals surface area contributed by atoms with Crippen molar-refractivity contribution in [2.75, 3.05) is 6.54 Å². The Labute approximate surface area is 127 Å². The molecule has 0 spiro atoms. The Morgan fingerprint density at radius 3 is 2.81 bits per heavy atom. The molecule has 1 aromatic heterocycles. The molecule has 2 aromatic rings. The van der Waals surface area contributed by atoms with E-state index in [2.05, 4.69) is 44.3 Å². The van der Waals surface area contributed by atoms with Crippen LogP contribution in [-0.4, -0.2) is 6.54 Å². The Hall–Kier alpha value is -1.74. The summed E-state index contributed by atoms with van der Waals surface area (Å²) in [5.74, 6) is 2.78. The molecule has 0 saturated heterocycles. The zero-order chi connectivity index (χ0) is 15.1. The number of aryl methyl sites for hydroxylation is 2. The van der Waals surface area contributed by atoms with Gasteiger partial charge < -0.3 is 14.5 Å². The topological polar surface area (TPSA) is 34.4 Å². The fourth-order valence-corrected chi connectivity index (χ4v) is 2.23. The molecule has 0 unspecified atom stereocenters. The minimum absolute atomic E-state index is 0.474. The first-order valence-corrected chi connectivity index (χ1v) is 7.73. The average molecular weight is 287 g/mol. The van der Waals surface area contributed by atoms with Crippen LogP contribution in [0.25, 0.3) is 0 Å². The van der Waals surface area contributed by atoms with Gasteiger partial charge in [-0.05, 0) is 55.6 Å². The van der Waals surface area contributed by atoms with Crippen molar-refractivity contribution in [2.45, 2.75) is 46.8 Å². The molecule has 0 saturated carbocycles. The Morgan fingerprint density at radius 1 is 1.19 bits per heavy atom. The first kappa shape index (κ1) is 15.6. The summed E-state index contributed by atoms with van der Waals surface area (Å²) < 4.78 is 11.7. The van der Waals surface area contributed by atoms with Crippen molar-refractivity contribution in [3.8, 4) is 5.75 Å². The first-order valence-electron chi connectivity index (χ1n) is 7.73. The Balaban J connectivity index is 1.92. The largest absolute Gasteiger partial charge is 0.486 e. The van der Waals surface area contributed by atoms with E-state index in [0.29, 0.717) is 6.61 Å². The maximum absolute atomic E-state index is 5.85. The maximum Gasteiger partial charge on any atom is 0.146 e. The monoisotopic (exact) mass is 287 g/mol. The zero-order valence-corrected chi connectivity index (χ0v) is 13.2. The van der Waals surface area contributed by atoms with Gasteiger partial charge in [-0.1, -0.05) is 26.0 Å². The lowest BCUT2D eigenvalue weighted by Gasteiger charge is -2.05. The highest BCUT2D eigenvalue weighted by Gasteiger charge is 2.08. The van der Waals surface area contributed by atoms with Crippen molar-refractivity contribution in [1.82, 2.24) is 5.32 Å². The quantitative estimate of drug-likeness (QED) is 0.738. The van der Waals surface area contributed by atoms with Gasteiger partial charge in [-0.2, -0.15) is 0 Å². The second-order valence-electron chi connectivity index (χ2n) is 5.29. The lowest BCUT2D eigenvalue weighted by atomic mass is 10.2. The molecule has 3 nitrogen and oxygen atoms in total. The van der Waals surface area contributed by atoms with E-state index in [9.17, 15) is 0 Å². The first-order chi connectivity index (χ1) is 10.2. The number of furan rings is 1. The third-order valence-corrected chi connectivity index (χ3v) is 3.47. The molecule has 0 atom stereocenters. The summed E-state index contributed by atoms with van der Waals surface area (Å²) in [6, 6.07) is 10.3. The van der Waals surface area contributed by atoms with Crippen LogP contribution in [0.1, 0.15) is 42.9 Å². The predicted octanol–water partition coefficient (Wildman–Crippen LogP) is 4.23. The summed E-state index contributed by atoms with van der Waals surface area (Å²) in [7, 11) is 0. The van der Waals surface area contributed by atoms with Gasteiger partial charge in [-0.15, -0.1) is 0 Å². The van der Waals surface area contributed by atoms with Crippen LogP contribution >= 0.6 is 0 Å². The Bertz CT molecular complexity index is 560. The molecule has 0 fully saturated rings. The maximum atomic E-state index is 5.85. The standard InChI is InChI=1S/C18H25NO2/c1-4-9-19-12-18-14(3)10-17(21-18)13-20-16-8-6-7-15(5-2)11-16/h6-8,10-11,19H,4-5,9,12-13H2,1-3H3. The third kappa shape index (κ3) is 4.64. The molecule has 0 bridgehead atoms. The van der Waals surface area contributed by atoms with Gasteiger partial charge in [0.1, 0.15) is 23.9 Å². The van der Waals surface area contributed by atoms with Crippen LogP contribution in [0.2, 0.25) is 0 Å². The van der Waals surface area contributed by atoms with Gasteiger partial charge in [0.25, 0.3) is 0 Å². The van der Waals surface area contributed by atoms with Gasteiger partial charge in [0.15, 0.2) is 0 Å². The van der Waals surface area contributed by atoms with Crippen LogP contribution in [0, 0.1) is 6.92 Å². The molecular weight excluding hydrogens is 262 g/mol. The van der Waals surface area contributed by atoms with Crippen LogP contribution in [0.5, 0.6) is 5.75 Å². The molecule has 21 heavy (non-hydrogen) atoms. The third-order valence-electron chi connectivity index (χ3n) is 3.47. The lowest BCUT2D eigenvalue weighted by molar-refractivity contribution is 0.265. The van der Waals surface area contributed by atoms with Gasteiger partial charge in [0.2, 0.25) is 0 Å². The van der Waals surface area contributed by atoms with Crippen molar-refractivity contribution < 1.29 is 9.15 Å². The molecule has 2 rings (SSSR count). The lowest BCUT2D eigenvalue weighted by Crippen LogP contribution is -2.13. The van der Waals surface area contributed by atoms with Crippen molar-refractivity contribution >= 4 is 0 Å². The normalized spacial score (nSPS) is 10.8. The number of rotatable bonds is 8. The number of ether oxygens (including phenoxy) is 1. The predicted molar refractivity (Wildman–Crippen MR) is 85.6 cm³/mol. The van der Waals surface area contributed by atoms with Crippen LogP contribution in [-0.2, 0) is 19.6 Å². The van der Waals surface area contributed by atoms with Gasteiger partial charge in [-0.3, -0.25) is 0 Å². The van der Waals surface area contributed by atoms with Crippen LogP contribution < -0.4 is 10.1 Å². The summed E-state index contributed by atoms with van der Waals surface area (Å²) in [5.41, 5.74) is 2.46. The van der Waals surface area contributed by atoms with Gasteiger partial charge >= 0.3 is 0 Å². The van der Waals surface area contributed by atoms with Crippen molar-refractivity contribution in [1.29, 1.82) is 0 Å². The van der Waals surface area contributed by atoms with E-state index in [1.165, 1.54) is 11.1 Å². The molecule has 3 heteroatoms. The molecule has 0 aliphatic rings. The summed E-state index contributed by atoms with van der Waals surface area (Å²) in [6.07, 6.45) is 2.15. The molecule has 0 radical (unpaired) electrons. The Morgan fingerprint density at radius 2 is 2.05 bits per heavy atom. The number of benzene rings is 1. The van der Waals surface area contributed by atoms with Gasteiger partial charge in [0, 0.05) is 0 Å². The fraction of sp³-hybridized carbons (Fsp3) is 0.444. The minimum Gasteiger partial charge on any atom is -0.486 e. The molecule has 1 N–H and O–H groups in total. The molecule has 0 aliphatic carbocycles. The number of nitrogens with one attached hydrogen (secondary N) is 1. The molecule has 0 amide bonds. The second kappa shape index (κ2) is 7.89. The summed E-state index contributed by atoms with van der Waals surface area (Å²) in [4.78, 5) is 0. The number of hydrogen-bond acceptors (Lipinski definition) is 3. The second-order valence-corrected chi connectivity index (χ2v) is 5.29. The summed E-state index contributed by atoms with van der Waals surface area (Å²) in [5, 5.41) is 3.36. The van der Waals surface area contributed by atoms with Crippen LogP contribution in [0.15, 0.2) is 34.7 Å². The van der Waals surface area contributed by atoms with Crippen molar-refractivity contribution in [3.05, 3.63) is 53.0 Å². The van der Waals surface area contributed by atoms with E-state index in [1.54, 1.807) is 0 Å². The molecule has 1 aromatic carbocycles. The van der Waals surface area contributed by atoms with E-state index >= 15 is 0 Å². The number of hydrogen-bond donors (Lipinski definition) is 1. The van der Waals surface area contributed by atoms with Gasteiger partial charge in [-0.25, -0.2) is 0 Å². The summed E-state index contributed by atoms with van der Waals surface area (Å²) in [6.45, 7) is 8.65. The SMILES string of the molecule is CCCNCc1oc(COc2cccc(CC)c2)cc1C. The Kier molecular flexibility index (Phi) is 5.88. The van der Waals surface area contributed by atoms with E-state index in [-0.39, 0.29) is 0 Å². The molecule has 0 aliphatic heterocycles. The highest BCUT2D eigenvalue weighted by atomic mass is 16.5. The molecule has 1 heterocycles. The molecular formula is C18H25NO2. The van der Waals surface area contributed by atoms with Gasteiger partial charge in [0.05, 0.1) is 6.54 Å². The molecule has 114 valence electrons.